The van der Waals surface area contributed by atoms with Gasteiger partial charge in [-0.3, -0.25) is 9.78 Å². The number of anilines is 1. The first kappa shape index (κ1) is 23.6. The number of pyridine rings is 1. The van der Waals surface area contributed by atoms with Gasteiger partial charge in [-0.05, 0) is 50.3 Å². The molecule has 3 aromatic heterocycles. The lowest BCUT2D eigenvalue weighted by atomic mass is 9.98. The average molecular weight is 441 g/mol. The zero-order chi connectivity index (χ0) is 23.3. The Morgan fingerprint density at radius 3 is 2.72 bits per heavy atom. The van der Waals surface area contributed by atoms with Crippen LogP contribution in [0.2, 0.25) is 0 Å². The monoisotopic (exact) mass is 440 g/mol. The van der Waals surface area contributed by atoms with Gasteiger partial charge in [0.1, 0.15) is 17.2 Å². The van der Waals surface area contributed by atoms with Crippen molar-refractivity contribution in [1.29, 1.82) is 0 Å². The normalized spacial score (nSPS) is 19.8. The maximum absolute atomic E-state index is 14.1. The number of carbonyl (C=O) groups is 1. The van der Waals surface area contributed by atoms with Crippen LogP contribution in [-0.2, 0) is 6.42 Å². The van der Waals surface area contributed by atoms with Crippen LogP contribution in [0, 0.1) is 5.82 Å². The summed E-state index contributed by atoms with van der Waals surface area (Å²) in [4.78, 5) is 24.1. The lowest BCUT2D eigenvalue weighted by Crippen LogP contribution is -2.33. The number of hydrogen-bond donors (Lipinski definition) is 1. The van der Waals surface area contributed by atoms with Crippen LogP contribution < -0.4 is 10.2 Å². The number of aryl methyl sites for hydroxylation is 1. The molecule has 7 nitrogen and oxygen atoms in total. The number of hydrogen-bond acceptors (Lipinski definition) is 5. The predicted molar refractivity (Wildman–Crippen MR) is 124 cm³/mol. The molecule has 2 aliphatic rings. The highest BCUT2D eigenvalue weighted by Gasteiger charge is 2.31. The number of amides is 1. The number of halogens is 1. The van der Waals surface area contributed by atoms with Crippen LogP contribution in [0.5, 0.6) is 0 Å². The summed E-state index contributed by atoms with van der Waals surface area (Å²) in [6.45, 7) is 10.8. The quantitative estimate of drug-likeness (QED) is 0.547. The van der Waals surface area contributed by atoms with Crippen LogP contribution >= 0.6 is 0 Å². The standard InChI is InChI=1S/C20H21FN6O.2C2H6/c1-12-4-5-16-14(9-13(21)10-22-16)17-3-2-7-26(17)18-6-8-27-19(25-18)15(11-23-27)20(28)24-12;2*1-2/h6,8-12,17H,2-5,7H2,1H3,(H,24,28);2*1-2H3/t12?,17-;;/m1../s1. The second-order valence-electron chi connectivity index (χ2n) is 7.57. The molecule has 2 atom stereocenters. The van der Waals surface area contributed by atoms with Gasteiger partial charge < -0.3 is 10.2 Å². The highest BCUT2D eigenvalue weighted by Crippen LogP contribution is 2.37. The average Bonchev–Trinajstić information content (AvgIpc) is 3.47. The first-order chi connectivity index (χ1) is 15.6. The van der Waals surface area contributed by atoms with Crippen molar-refractivity contribution in [3.05, 3.63) is 53.4 Å². The topological polar surface area (TPSA) is 75.4 Å². The van der Waals surface area contributed by atoms with E-state index in [1.54, 1.807) is 16.8 Å². The molecule has 0 spiro atoms. The molecule has 2 bridgehead atoms. The Kier molecular flexibility index (Phi) is 7.77. The highest BCUT2D eigenvalue weighted by atomic mass is 19.1. The largest absolute Gasteiger partial charge is 0.349 e. The molecule has 1 N–H and O–H groups in total. The molecule has 172 valence electrons. The lowest BCUT2D eigenvalue weighted by molar-refractivity contribution is 0.0940. The molecule has 8 heteroatoms. The molecule has 1 amide bonds. The van der Waals surface area contributed by atoms with E-state index in [2.05, 4.69) is 20.3 Å². The van der Waals surface area contributed by atoms with E-state index in [0.29, 0.717) is 17.6 Å². The van der Waals surface area contributed by atoms with Crippen molar-refractivity contribution < 1.29 is 9.18 Å². The number of carbonyl (C=O) groups excluding carboxylic acids is 1. The van der Waals surface area contributed by atoms with Crippen LogP contribution in [-0.4, -0.2) is 38.1 Å². The fourth-order valence-corrected chi connectivity index (χ4v) is 4.25. The smallest absolute Gasteiger partial charge is 0.256 e. The zero-order valence-electron chi connectivity index (χ0n) is 19.6. The zero-order valence-corrected chi connectivity index (χ0v) is 19.6. The summed E-state index contributed by atoms with van der Waals surface area (Å²) in [6.07, 6.45) is 7.97. The fourth-order valence-electron chi connectivity index (χ4n) is 4.25. The van der Waals surface area contributed by atoms with Crippen LogP contribution in [0.15, 0.2) is 30.7 Å². The Morgan fingerprint density at radius 1 is 1.16 bits per heavy atom. The third kappa shape index (κ3) is 4.59. The summed E-state index contributed by atoms with van der Waals surface area (Å²) in [6, 6.07) is 3.48. The van der Waals surface area contributed by atoms with Crippen molar-refractivity contribution in [1.82, 2.24) is 24.9 Å². The SMILES string of the molecule is CC.CC.CC1CCc2ncc(F)cc2[C@H]2CCCN2c2ccn3ncc(c3n2)C(=O)N1. The van der Waals surface area contributed by atoms with E-state index < -0.39 is 0 Å². The van der Waals surface area contributed by atoms with Crippen molar-refractivity contribution in [2.75, 3.05) is 11.4 Å². The fraction of sp³-hybridized carbons (Fsp3) is 0.500. The van der Waals surface area contributed by atoms with Gasteiger partial charge in [0.15, 0.2) is 5.65 Å². The predicted octanol–water partition coefficient (Wildman–Crippen LogP) is 4.72. The summed E-state index contributed by atoms with van der Waals surface area (Å²) >= 11 is 0. The Morgan fingerprint density at radius 2 is 1.94 bits per heavy atom. The summed E-state index contributed by atoms with van der Waals surface area (Å²) in [7, 11) is 0. The molecular formula is C24H33FN6O. The third-order valence-corrected chi connectivity index (χ3v) is 5.67. The number of nitrogens with zero attached hydrogens (tertiary/aromatic N) is 5. The molecule has 1 fully saturated rings. The molecule has 0 saturated carbocycles. The maximum Gasteiger partial charge on any atom is 0.256 e. The first-order valence-corrected chi connectivity index (χ1v) is 11.7. The van der Waals surface area contributed by atoms with Crippen molar-refractivity contribution in [3.8, 4) is 0 Å². The lowest BCUT2D eigenvalue weighted by Gasteiger charge is -2.27. The summed E-state index contributed by atoms with van der Waals surface area (Å²) in [5.74, 6) is 0.265. The molecule has 0 aromatic carbocycles. The van der Waals surface area contributed by atoms with Crippen molar-refractivity contribution in [2.45, 2.75) is 72.4 Å². The van der Waals surface area contributed by atoms with Crippen molar-refractivity contribution in [3.63, 3.8) is 0 Å². The van der Waals surface area contributed by atoms with E-state index in [-0.39, 0.29) is 23.8 Å². The van der Waals surface area contributed by atoms with Gasteiger partial charge in [0.05, 0.1) is 18.4 Å². The minimum Gasteiger partial charge on any atom is -0.349 e. The molecule has 2 aliphatic heterocycles. The minimum atomic E-state index is -0.322. The van der Waals surface area contributed by atoms with E-state index in [1.165, 1.54) is 6.20 Å². The Labute approximate surface area is 189 Å². The second kappa shape index (κ2) is 10.5. The van der Waals surface area contributed by atoms with Gasteiger partial charge in [-0.25, -0.2) is 13.9 Å². The van der Waals surface area contributed by atoms with Crippen LogP contribution in [0.3, 0.4) is 0 Å². The van der Waals surface area contributed by atoms with Gasteiger partial charge in [-0.1, -0.05) is 27.7 Å². The van der Waals surface area contributed by atoms with Gasteiger partial charge in [-0.15, -0.1) is 0 Å². The van der Waals surface area contributed by atoms with Crippen LogP contribution in [0.1, 0.15) is 81.5 Å². The molecule has 0 radical (unpaired) electrons. The molecule has 1 saturated heterocycles. The summed E-state index contributed by atoms with van der Waals surface area (Å²) in [5, 5.41) is 7.27. The van der Waals surface area contributed by atoms with Gasteiger partial charge in [-0.2, -0.15) is 5.10 Å². The maximum atomic E-state index is 14.1. The molecular weight excluding hydrogens is 407 g/mol. The van der Waals surface area contributed by atoms with Gasteiger partial charge in [0, 0.05) is 24.5 Å². The Balaban J connectivity index is 0.000000686. The molecule has 5 heterocycles. The van der Waals surface area contributed by atoms with Gasteiger partial charge in [0.25, 0.3) is 5.91 Å². The number of aromatic nitrogens is 4. The number of nitrogens with one attached hydrogen (secondary N) is 1. The minimum absolute atomic E-state index is 0.0271. The number of rotatable bonds is 0. The molecule has 3 aromatic rings. The van der Waals surface area contributed by atoms with E-state index in [1.807, 2.05) is 46.9 Å². The van der Waals surface area contributed by atoms with Crippen LogP contribution in [0.25, 0.3) is 5.65 Å². The molecule has 1 unspecified atom stereocenters. The summed E-state index contributed by atoms with van der Waals surface area (Å²) < 4.78 is 15.7. The van der Waals surface area contributed by atoms with E-state index in [4.69, 9.17) is 4.98 Å². The Bertz CT molecular complexity index is 1070. The third-order valence-electron chi connectivity index (χ3n) is 5.67. The van der Waals surface area contributed by atoms with E-state index in [9.17, 15) is 9.18 Å². The van der Waals surface area contributed by atoms with Gasteiger partial charge in [0.2, 0.25) is 0 Å². The molecule has 5 rings (SSSR count). The van der Waals surface area contributed by atoms with Crippen molar-refractivity contribution >= 4 is 17.4 Å². The van der Waals surface area contributed by atoms with Gasteiger partial charge >= 0.3 is 0 Å². The molecule has 32 heavy (non-hydrogen) atoms. The Hall–Kier alpha value is -3.03. The number of fused-ring (bicyclic) bond motifs is 5. The summed E-state index contributed by atoms with van der Waals surface area (Å²) in [5.41, 5.74) is 2.81. The first-order valence-electron chi connectivity index (χ1n) is 11.7. The second-order valence-corrected chi connectivity index (χ2v) is 7.57. The van der Waals surface area contributed by atoms with E-state index in [0.717, 1.165) is 42.9 Å². The highest BCUT2D eigenvalue weighted by molar-refractivity contribution is 5.99. The molecule has 0 aliphatic carbocycles. The van der Waals surface area contributed by atoms with Crippen molar-refractivity contribution in [2.24, 2.45) is 0 Å². The van der Waals surface area contributed by atoms with E-state index >= 15 is 0 Å². The van der Waals surface area contributed by atoms with Crippen LogP contribution in [0.4, 0.5) is 10.2 Å².